The Labute approximate surface area is 117 Å². The van der Waals surface area contributed by atoms with Crippen molar-refractivity contribution in [1.82, 2.24) is 0 Å². The quantitative estimate of drug-likeness (QED) is 0.481. The van der Waals surface area contributed by atoms with Crippen molar-refractivity contribution in [1.29, 1.82) is 0 Å². The average Bonchev–Trinajstić information content (AvgIpc) is 2.94. The summed E-state index contributed by atoms with van der Waals surface area (Å²) in [6, 6.07) is 4.36. The second kappa shape index (κ2) is 5.90. The van der Waals surface area contributed by atoms with E-state index in [1.165, 1.54) is 19.2 Å². The van der Waals surface area contributed by atoms with Crippen molar-refractivity contribution in [3.63, 3.8) is 0 Å². The van der Waals surface area contributed by atoms with E-state index in [4.69, 9.17) is 0 Å². The van der Waals surface area contributed by atoms with Crippen LogP contribution in [0.15, 0.2) is 18.2 Å². The topological polar surface area (TPSA) is 72.7 Å². The number of nitrogens with zero attached hydrogens (tertiary/aromatic N) is 2. The fraction of sp³-hybridized carbons (Fsp3) is 0.500. The van der Waals surface area contributed by atoms with Gasteiger partial charge in [-0.25, -0.2) is 4.79 Å². The van der Waals surface area contributed by atoms with E-state index in [0.29, 0.717) is 17.2 Å². The van der Waals surface area contributed by atoms with E-state index in [0.717, 1.165) is 25.9 Å². The van der Waals surface area contributed by atoms with Crippen LogP contribution in [0.5, 0.6) is 0 Å². The van der Waals surface area contributed by atoms with Gasteiger partial charge in [0.15, 0.2) is 0 Å². The number of nitro benzene ring substituents is 1. The summed E-state index contributed by atoms with van der Waals surface area (Å²) in [5.41, 5.74) is 0.885. The molecule has 1 atom stereocenters. The molecule has 1 aliphatic heterocycles. The molecule has 1 unspecified atom stereocenters. The van der Waals surface area contributed by atoms with Gasteiger partial charge in [0.05, 0.1) is 17.6 Å². The highest BCUT2D eigenvalue weighted by Gasteiger charge is 2.27. The van der Waals surface area contributed by atoms with Gasteiger partial charge in [0.25, 0.3) is 5.69 Å². The lowest BCUT2D eigenvalue weighted by Gasteiger charge is -2.19. The Morgan fingerprint density at radius 1 is 1.55 bits per heavy atom. The normalized spacial score (nSPS) is 18.1. The van der Waals surface area contributed by atoms with Gasteiger partial charge in [-0.1, -0.05) is 13.3 Å². The lowest BCUT2D eigenvalue weighted by atomic mass is 10.1. The number of ether oxygens (including phenoxy) is 1. The van der Waals surface area contributed by atoms with Crippen molar-refractivity contribution in [2.75, 3.05) is 25.1 Å². The highest BCUT2D eigenvalue weighted by molar-refractivity contribution is 5.91. The number of rotatable bonds is 4. The van der Waals surface area contributed by atoms with Crippen LogP contribution in [0.1, 0.15) is 30.1 Å². The van der Waals surface area contributed by atoms with Crippen molar-refractivity contribution in [3.8, 4) is 0 Å². The third-order valence-electron chi connectivity index (χ3n) is 3.80. The molecule has 1 aromatic rings. The van der Waals surface area contributed by atoms with E-state index in [-0.39, 0.29) is 5.69 Å². The second-order valence-corrected chi connectivity index (χ2v) is 4.96. The molecule has 6 heteroatoms. The SMILES string of the molecule is CCC1CCN(c2cc(C(=O)OC)ccc2[N+](=O)[O-])C1. The zero-order valence-corrected chi connectivity index (χ0v) is 11.7. The summed E-state index contributed by atoms with van der Waals surface area (Å²) >= 11 is 0. The Balaban J connectivity index is 2.37. The van der Waals surface area contributed by atoms with Crippen LogP contribution in [0.25, 0.3) is 0 Å². The largest absolute Gasteiger partial charge is 0.465 e. The molecular weight excluding hydrogens is 260 g/mol. The molecule has 0 aliphatic carbocycles. The molecule has 20 heavy (non-hydrogen) atoms. The van der Waals surface area contributed by atoms with E-state index >= 15 is 0 Å². The lowest BCUT2D eigenvalue weighted by Crippen LogP contribution is -2.21. The summed E-state index contributed by atoms with van der Waals surface area (Å²) in [6.07, 6.45) is 2.08. The minimum atomic E-state index is -0.479. The Hall–Kier alpha value is -2.11. The molecule has 1 heterocycles. The Kier molecular flexibility index (Phi) is 4.22. The van der Waals surface area contributed by atoms with Crippen LogP contribution in [0.4, 0.5) is 11.4 Å². The van der Waals surface area contributed by atoms with Gasteiger partial charge < -0.3 is 9.64 Å². The first-order chi connectivity index (χ1) is 9.56. The maximum absolute atomic E-state index is 11.6. The van der Waals surface area contributed by atoms with E-state index < -0.39 is 10.9 Å². The molecule has 108 valence electrons. The summed E-state index contributed by atoms with van der Waals surface area (Å²) in [5.74, 6) is 0.0729. The number of carbonyl (C=O) groups excluding carboxylic acids is 1. The molecule has 0 radical (unpaired) electrons. The molecule has 0 spiro atoms. The molecule has 0 amide bonds. The summed E-state index contributed by atoms with van der Waals surface area (Å²) in [6.45, 7) is 3.69. The van der Waals surface area contributed by atoms with Gasteiger partial charge in [0.1, 0.15) is 5.69 Å². The van der Waals surface area contributed by atoms with E-state index in [1.807, 2.05) is 4.90 Å². The third kappa shape index (κ3) is 2.74. The lowest BCUT2D eigenvalue weighted by molar-refractivity contribution is -0.384. The van der Waals surface area contributed by atoms with Gasteiger partial charge in [-0.15, -0.1) is 0 Å². The number of esters is 1. The van der Waals surface area contributed by atoms with Gasteiger partial charge in [-0.3, -0.25) is 10.1 Å². The average molecular weight is 278 g/mol. The summed E-state index contributed by atoms with van der Waals surface area (Å²) in [5, 5.41) is 11.1. The highest BCUT2D eigenvalue weighted by Crippen LogP contribution is 2.33. The summed E-state index contributed by atoms with van der Waals surface area (Å²) in [4.78, 5) is 24.3. The Morgan fingerprint density at radius 2 is 2.30 bits per heavy atom. The van der Waals surface area contributed by atoms with Gasteiger partial charge in [0, 0.05) is 19.2 Å². The van der Waals surface area contributed by atoms with Gasteiger partial charge in [-0.2, -0.15) is 0 Å². The van der Waals surface area contributed by atoms with Gasteiger partial charge in [-0.05, 0) is 24.5 Å². The maximum atomic E-state index is 11.6. The molecule has 2 rings (SSSR count). The van der Waals surface area contributed by atoms with Crippen LogP contribution >= 0.6 is 0 Å². The van der Waals surface area contributed by atoms with E-state index in [2.05, 4.69) is 11.7 Å². The Bertz CT molecular complexity index is 530. The van der Waals surface area contributed by atoms with Gasteiger partial charge in [0.2, 0.25) is 0 Å². The zero-order chi connectivity index (χ0) is 14.7. The summed E-state index contributed by atoms with van der Waals surface area (Å²) < 4.78 is 4.67. The van der Waals surface area contributed by atoms with Crippen LogP contribution in [0.2, 0.25) is 0 Å². The van der Waals surface area contributed by atoms with Crippen LogP contribution in [-0.2, 0) is 4.74 Å². The minimum absolute atomic E-state index is 0.0365. The monoisotopic (exact) mass is 278 g/mol. The molecule has 6 nitrogen and oxygen atoms in total. The molecule has 0 bridgehead atoms. The predicted octanol–water partition coefficient (Wildman–Crippen LogP) is 2.62. The number of hydrogen-bond donors (Lipinski definition) is 0. The molecule has 0 saturated carbocycles. The minimum Gasteiger partial charge on any atom is -0.465 e. The summed E-state index contributed by atoms with van der Waals surface area (Å²) in [7, 11) is 1.30. The molecule has 1 aromatic carbocycles. The zero-order valence-electron chi connectivity index (χ0n) is 11.7. The van der Waals surface area contributed by atoms with Crippen molar-refractivity contribution >= 4 is 17.3 Å². The highest BCUT2D eigenvalue weighted by atomic mass is 16.6. The van der Waals surface area contributed by atoms with Crippen molar-refractivity contribution in [2.24, 2.45) is 5.92 Å². The first-order valence-electron chi connectivity index (χ1n) is 6.68. The first kappa shape index (κ1) is 14.3. The fourth-order valence-electron chi connectivity index (χ4n) is 2.56. The molecule has 0 N–H and O–H groups in total. The molecule has 1 saturated heterocycles. The van der Waals surface area contributed by atoms with Crippen LogP contribution < -0.4 is 4.90 Å². The number of hydrogen-bond acceptors (Lipinski definition) is 5. The third-order valence-corrected chi connectivity index (χ3v) is 3.80. The van der Waals surface area contributed by atoms with Gasteiger partial charge >= 0.3 is 5.97 Å². The van der Waals surface area contributed by atoms with Crippen LogP contribution in [0, 0.1) is 16.0 Å². The van der Waals surface area contributed by atoms with Crippen molar-refractivity contribution in [3.05, 3.63) is 33.9 Å². The number of benzene rings is 1. The number of anilines is 1. The predicted molar refractivity (Wildman–Crippen MR) is 75.0 cm³/mol. The van der Waals surface area contributed by atoms with E-state index in [1.54, 1.807) is 6.07 Å². The first-order valence-corrected chi connectivity index (χ1v) is 6.68. The molecule has 0 aromatic heterocycles. The molecule has 1 aliphatic rings. The maximum Gasteiger partial charge on any atom is 0.337 e. The van der Waals surface area contributed by atoms with E-state index in [9.17, 15) is 14.9 Å². The standard InChI is InChI=1S/C14H18N2O4/c1-3-10-6-7-15(9-10)13-8-11(14(17)20-2)4-5-12(13)16(18)19/h4-5,8,10H,3,6-7,9H2,1-2H3. The van der Waals surface area contributed by atoms with Crippen molar-refractivity contribution in [2.45, 2.75) is 19.8 Å². The van der Waals surface area contributed by atoms with Crippen molar-refractivity contribution < 1.29 is 14.5 Å². The fourth-order valence-corrected chi connectivity index (χ4v) is 2.56. The number of carbonyl (C=O) groups is 1. The van der Waals surface area contributed by atoms with Crippen LogP contribution in [-0.4, -0.2) is 31.1 Å². The molecular formula is C14H18N2O4. The number of nitro groups is 1. The molecule has 1 fully saturated rings. The van der Waals surface area contributed by atoms with Crippen LogP contribution in [0.3, 0.4) is 0 Å². The second-order valence-electron chi connectivity index (χ2n) is 4.96. The number of methoxy groups -OCH3 is 1. The smallest absolute Gasteiger partial charge is 0.337 e. The Morgan fingerprint density at radius 3 is 2.85 bits per heavy atom.